The number of benzene rings is 3. The third-order valence-electron chi connectivity index (χ3n) is 6.29. The normalized spacial score (nSPS) is 12.1. The van der Waals surface area contributed by atoms with Crippen LogP contribution in [0.1, 0.15) is 32.8 Å². The Morgan fingerprint density at radius 3 is 2.27 bits per heavy atom. The molecule has 0 aliphatic carbocycles. The van der Waals surface area contributed by atoms with Crippen molar-refractivity contribution in [2.24, 2.45) is 5.92 Å². The van der Waals surface area contributed by atoms with Crippen LogP contribution in [-0.4, -0.2) is 51.4 Å². The Kier molecular flexibility index (Phi) is 10.7. The van der Waals surface area contributed by atoms with Crippen molar-refractivity contribution >= 4 is 27.5 Å². The third-order valence-corrected chi connectivity index (χ3v) is 8.06. The molecule has 0 aromatic heterocycles. The van der Waals surface area contributed by atoms with Crippen molar-refractivity contribution in [1.29, 1.82) is 0 Å². The largest absolute Gasteiger partial charge is 0.497 e. The van der Waals surface area contributed by atoms with Gasteiger partial charge in [0.15, 0.2) is 0 Å². The molecule has 0 aliphatic rings. The highest BCUT2D eigenvalue weighted by Gasteiger charge is 2.34. The summed E-state index contributed by atoms with van der Waals surface area (Å²) in [7, 11) is -2.81. The Morgan fingerprint density at radius 2 is 1.65 bits per heavy atom. The molecule has 0 saturated heterocycles. The number of rotatable bonds is 13. The first-order chi connectivity index (χ1) is 19.1. The van der Waals surface area contributed by atoms with Crippen LogP contribution in [0.2, 0.25) is 0 Å². The monoisotopic (exact) mass is 569 g/mol. The molecule has 0 aliphatic heterocycles. The number of para-hydroxylation sites is 1. The predicted octanol–water partition coefficient (Wildman–Crippen LogP) is 4.61. The van der Waals surface area contributed by atoms with E-state index in [9.17, 15) is 22.4 Å². The number of hydrogen-bond acceptors (Lipinski definition) is 5. The molecular weight excluding hydrogens is 533 g/mol. The molecule has 0 radical (unpaired) electrons. The molecule has 2 amide bonds. The second kappa shape index (κ2) is 13.9. The lowest BCUT2D eigenvalue weighted by Crippen LogP contribution is -2.52. The minimum Gasteiger partial charge on any atom is -0.497 e. The highest BCUT2D eigenvalue weighted by atomic mass is 32.2. The van der Waals surface area contributed by atoms with E-state index in [1.54, 1.807) is 49.4 Å². The zero-order valence-electron chi connectivity index (χ0n) is 23.2. The summed E-state index contributed by atoms with van der Waals surface area (Å²) in [6.07, 6.45) is 0.283. The minimum absolute atomic E-state index is 0.0140. The Bertz CT molecular complexity index is 1400. The van der Waals surface area contributed by atoms with Crippen LogP contribution >= 0.6 is 0 Å². The van der Waals surface area contributed by atoms with Crippen molar-refractivity contribution in [3.8, 4) is 5.75 Å². The standard InChI is InChI=1S/C30H36FN3O5S/c1-5-27(30(36)32-19-22(2)3)33(20-23-12-11-13-24(18-23)39-4)29(35)21-34(28-17-10-9-16-26(28)31)40(37,38)25-14-7-6-8-15-25/h6-18,22,27H,5,19-21H2,1-4H3,(H,32,36)/t27-/m0/s1. The molecule has 3 aromatic carbocycles. The van der Waals surface area contributed by atoms with E-state index in [0.29, 0.717) is 17.9 Å². The highest BCUT2D eigenvalue weighted by Crippen LogP contribution is 2.27. The average Bonchev–Trinajstić information content (AvgIpc) is 2.95. The van der Waals surface area contributed by atoms with Gasteiger partial charge >= 0.3 is 0 Å². The second-order valence-corrected chi connectivity index (χ2v) is 11.6. The molecule has 3 aromatic rings. The van der Waals surface area contributed by atoms with Crippen molar-refractivity contribution in [2.45, 2.75) is 44.7 Å². The van der Waals surface area contributed by atoms with Crippen LogP contribution in [0, 0.1) is 11.7 Å². The minimum atomic E-state index is -4.34. The van der Waals surface area contributed by atoms with Crippen LogP contribution < -0.4 is 14.4 Å². The smallest absolute Gasteiger partial charge is 0.264 e. The molecule has 1 atom stereocenters. The van der Waals surface area contributed by atoms with Crippen molar-refractivity contribution < 1.29 is 27.1 Å². The van der Waals surface area contributed by atoms with E-state index in [-0.39, 0.29) is 35.4 Å². The van der Waals surface area contributed by atoms with Gasteiger partial charge in [-0.2, -0.15) is 0 Å². The van der Waals surface area contributed by atoms with E-state index in [0.717, 1.165) is 10.4 Å². The Balaban J connectivity index is 2.06. The lowest BCUT2D eigenvalue weighted by molar-refractivity contribution is -0.140. The van der Waals surface area contributed by atoms with E-state index in [1.165, 1.54) is 42.3 Å². The summed E-state index contributed by atoms with van der Waals surface area (Å²) in [5, 5.41) is 2.88. The molecule has 40 heavy (non-hydrogen) atoms. The van der Waals surface area contributed by atoms with Gasteiger partial charge in [0.1, 0.15) is 24.2 Å². The van der Waals surface area contributed by atoms with Gasteiger partial charge in [-0.25, -0.2) is 12.8 Å². The molecule has 214 valence electrons. The van der Waals surface area contributed by atoms with Crippen molar-refractivity contribution in [3.63, 3.8) is 0 Å². The summed E-state index contributed by atoms with van der Waals surface area (Å²) < 4.78 is 48.5. The fraction of sp³-hybridized carbons (Fsp3) is 0.333. The number of carbonyl (C=O) groups excluding carboxylic acids is 2. The summed E-state index contributed by atoms with van der Waals surface area (Å²) in [6.45, 7) is 5.42. The van der Waals surface area contributed by atoms with Crippen molar-refractivity contribution in [2.75, 3.05) is 24.5 Å². The predicted molar refractivity (Wildman–Crippen MR) is 153 cm³/mol. The molecule has 10 heteroatoms. The van der Waals surface area contributed by atoms with E-state index in [2.05, 4.69) is 5.32 Å². The molecule has 0 fully saturated rings. The fourth-order valence-corrected chi connectivity index (χ4v) is 5.64. The van der Waals surface area contributed by atoms with E-state index in [1.807, 2.05) is 13.8 Å². The van der Waals surface area contributed by atoms with E-state index >= 15 is 0 Å². The lowest BCUT2D eigenvalue weighted by atomic mass is 10.1. The van der Waals surface area contributed by atoms with E-state index in [4.69, 9.17) is 4.74 Å². The number of ether oxygens (including phenoxy) is 1. The molecule has 0 spiro atoms. The number of nitrogens with one attached hydrogen (secondary N) is 1. The molecule has 1 N–H and O–H groups in total. The maximum atomic E-state index is 15.0. The maximum absolute atomic E-state index is 15.0. The summed E-state index contributed by atoms with van der Waals surface area (Å²) in [5.41, 5.74) is 0.421. The van der Waals surface area contributed by atoms with Crippen LogP contribution in [-0.2, 0) is 26.2 Å². The maximum Gasteiger partial charge on any atom is 0.264 e. The zero-order chi connectivity index (χ0) is 29.3. The summed E-state index contributed by atoms with van der Waals surface area (Å²) >= 11 is 0. The molecule has 3 rings (SSSR count). The Morgan fingerprint density at radius 1 is 0.975 bits per heavy atom. The SMILES string of the molecule is CC[C@@H](C(=O)NCC(C)C)N(Cc1cccc(OC)c1)C(=O)CN(c1ccccc1F)S(=O)(=O)c1ccccc1. The van der Waals surface area contributed by atoms with Crippen LogP contribution in [0.4, 0.5) is 10.1 Å². The Hall–Kier alpha value is -3.92. The third kappa shape index (κ3) is 7.59. The number of halogens is 1. The number of hydrogen-bond donors (Lipinski definition) is 1. The number of anilines is 1. The number of carbonyl (C=O) groups is 2. The van der Waals surface area contributed by atoms with Crippen LogP contribution in [0.25, 0.3) is 0 Å². The molecular formula is C30H36FN3O5S. The molecule has 0 saturated carbocycles. The van der Waals surface area contributed by atoms with Gasteiger partial charge in [-0.1, -0.05) is 63.2 Å². The molecule has 0 heterocycles. The van der Waals surface area contributed by atoms with Crippen LogP contribution in [0.15, 0.2) is 83.8 Å². The zero-order valence-corrected chi connectivity index (χ0v) is 24.0. The second-order valence-electron chi connectivity index (χ2n) is 9.71. The quantitative estimate of drug-likeness (QED) is 0.324. The summed E-state index contributed by atoms with van der Waals surface area (Å²) in [6, 6.07) is 19.1. The first kappa shape index (κ1) is 30.6. The number of nitrogens with zero attached hydrogens (tertiary/aromatic N) is 2. The fourth-order valence-electron chi connectivity index (χ4n) is 4.20. The van der Waals surface area contributed by atoms with Crippen LogP contribution in [0.3, 0.4) is 0 Å². The molecule has 8 nitrogen and oxygen atoms in total. The van der Waals surface area contributed by atoms with Crippen molar-refractivity contribution in [3.05, 3.63) is 90.2 Å². The van der Waals surface area contributed by atoms with Gasteiger partial charge in [0.05, 0.1) is 17.7 Å². The first-order valence-corrected chi connectivity index (χ1v) is 14.5. The van der Waals surface area contributed by atoms with Gasteiger partial charge in [0.2, 0.25) is 11.8 Å². The number of amides is 2. The molecule has 0 bridgehead atoms. The Labute approximate surface area is 235 Å². The van der Waals surface area contributed by atoms with Gasteiger partial charge in [0.25, 0.3) is 10.0 Å². The first-order valence-electron chi connectivity index (χ1n) is 13.1. The van der Waals surface area contributed by atoms with Crippen LogP contribution in [0.5, 0.6) is 5.75 Å². The van der Waals surface area contributed by atoms with Gasteiger partial charge < -0.3 is 15.0 Å². The summed E-state index contributed by atoms with van der Waals surface area (Å²) in [4.78, 5) is 28.5. The average molecular weight is 570 g/mol. The molecule has 0 unspecified atom stereocenters. The lowest BCUT2D eigenvalue weighted by Gasteiger charge is -2.33. The number of methoxy groups -OCH3 is 1. The number of sulfonamides is 1. The summed E-state index contributed by atoms with van der Waals surface area (Å²) in [5.74, 6) is -1.04. The van der Waals surface area contributed by atoms with Gasteiger partial charge in [-0.3, -0.25) is 13.9 Å². The topological polar surface area (TPSA) is 96.0 Å². The van der Waals surface area contributed by atoms with Gasteiger partial charge in [-0.05, 0) is 54.3 Å². The van der Waals surface area contributed by atoms with E-state index < -0.39 is 34.3 Å². The highest BCUT2D eigenvalue weighted by molar-refractivity contribution is 7.92. The van der Waals surface area contributed by atoms with Gasteiger partial charge in [-0.15, -0.1) is 0 Å². The van der Waals surface area contributed by atoms with Crippen molar-refractivity contribution in [1.82, 2.24) is 10.2 Å². The van der Waals surface area contributed by atoms with Gasteiger partial charge in [0, 0.05) is 13.1 Å².